The molecule has 336 valence electrons. The summed E-state index contributed by atoms with van der Waals surface area (Å²) in [6.07, 6.45) is 0. The molecule has 0 amide bonds. The zero-order valence-corrected chi connectivity index (χ0v) is 39.8. The average molecular weight is 907 g/mol. The molecule has 0 fully saturated rings. The van der Waals surface area contributed by atoms with Gasteiger partial charge in [0.05, 0.1) is 11.0 Å². The van der Waals surface area contributed by atoms with Gasteiger partial charge in [0.15, 0.2) is 0 Å². The number of rotatable bonds is 9. The fourth-order valence-electron chi connectivity index (χ4n) is 11.0. The smallest absolute Gasteiger partial charge is 0.0541 e. The molecule has 13 aromatic rings. The third kappa shape index (κ3) is 7.62. The van der Waals surface area contributed by atoms with Crippen LogP contribution >= 0.6 is 0 Å². The highest BCUT2D eigenvalue weighted by atomic mass is 15.0. The minimum absolute atomic E-state index is 0.282. The van der Waals surface area contributed by atoms with Crippen molar-refractivity contribution in [2.75, 3.05) is 0 Å². The zero-order chi connectivity index (χ0) is 47.4. The molecule has 0 unspecified atom stereocenters. The Labute approximate surface area is 415 Å². The van der Waals surface area contributed by atoms with E-state index in [9.17, 15) is 0 Å². The summed E-state index contributed by atoms with van der Waals surface area (Å²) in [5.74, 6) is 0. The molecule has 2 heterocycles. The number of aromatic nitrogens is 2. The van der Waals surface area contributed by atoms with Crippen molar-refractivity contribution >= 4 is 43.6 Å². The molecule has 0 aliphatic rings. The second-order valence-corrected chi connectivity index (χ2v) is 19.1. The fraction of sp³-hybridized carbons (Fsp3) is 0.0435. The number of fused-ring (bicyclic) bond motifs is 6. The third-order valence-electron chi connectivity index (χ3n) is 14.4. The predicted octanol–water partition coefficient (Wildman–Crippen LogP) is 19.1. The number of benzene rings is 11. The van der Waals surface area contributed by atoms with Crippen LogP contribution in [0.25, 0.3) is 127 Å². The standard InChI is InChI=1S/C69H50N2/c1-46(2)70-66-32-28-51(42-62(66)63-44-53(30-33-67(63)70)59-38-55(47-18-8-3-9-19-47)36-56(39-59)48-20-10-4-11-21-48)52-29-34-68-64(43-52)65-45-54(31-35-69(65)71(68)61-26-16-7-17-27-61)60-40-57(49-22-12-5-13-23-49)37-58(41-60)50-24-14-6-15-25-50/h3-46H,1-2H3. The van der Waals surface area contributed by atoms with Crippen molar-refractivity contribution in [2.24, 2.45) is 0 Å². The molecule has 2 aromatic heterocycles. The van der Waals surface area contributed by atoms with E-state index in [1.165, 1.54) is 122 Å². The molecular formula is C69H50N2. The Morgan fingerprint density at radius 2 is 0.479 bits per heavy atom. The minimum atomic E-state index is 0.282. The van der Waals surface area contributed by atoms with Gasteiger partial charge >= 0.3 is 0 Å². The average Bonchev–Trinajstić information content (AvgIpc) is 3.95. The maximum Gasteiger partial charge on any atom is 0.0541 e. The van der Waals surface area contributed by atoms with Gasteiger partial charge in [-0.3, -0.25) is 0 Å². The molecule has 0 atom stereocenters. The van der Waals surface area contributed by atoms with E-state index in [0.29, 0.717) is 0 Å². The van der Waals surface area contributed by atoms with Gasteiger partial charge in [0.2, 0.25) is 0 Å². The normalized spacial score (nSPS) is 11.6. The lowest BCUT2D eigenvalue weighted by molar-refractivity contribution is 0.642. The van der Waals surface area contributed by atoms with Crippen molar-refractivity contribution in [3.05, 3.63) is 261 Å². The molecule has 0 spiro atoms. The van der Waals surface area contributed by atoms with Crippen LogP contribution in [0.15, 0.2) is 261 Å². The first-order valence-electron chi connectivity index (χ1n) is 24.8. The molecule has 0 aliphatic heterocycles. The largest absolute Gasteiger partial charge is 0.338 e. The van der Waals surface area contributed by atoms with Crippen LogP contribution in [0.1, 0.15) is 19.9 Å². The summed E-state index contributed by atoms with van der Waals surface area (Å²) in [6, 6.07) is 96.3. The van der Waals surface area contributed by atoms with Gasteiger partial charge in [-0.15, -0.1) is 0 Å². The first-order chi connectivity index (χ1) is 35.0. The van der Waals surface area contributed by atoms with Crippen LogP contribution in [0.5, 0.6) is 0 Å². The van der Waals surface area contributed by atoms with E-state index in [2.05, 4.69) is 284 Å². The van der Waals surface area contributed by atoms with E-state index in [0.717, 1.165) is 5.69 Å². The Balaban J connectivity index is 0.977. The Kier molecular flexibility index (Phi) is 10.4. The van der Waals surface area contributed by atoms with Crippen LogP contribution in [0.4, 0.5) is 0 Å². The Morgan fingerprint density at radius 3 is 0.789 bits per heavy atom. The van der Waals surface area contributed by atoms with E-state index in [1.807, 2.05) is 0 Å². The predicted molar refractivity (Wildman–Crippen MR) is 302 cm³/mol. The van der Waals surface area contributed by atoms with Gasteiger partial charge in [-0.05, 0) is 189 Å². The van der Waals surface area contributed by atoms with Gasteiger partial charge in [0.25, 0.3) is 0 Å². The summed E-state index contributed by atoms with van der Waals surface area (Å²) < 4.78 is 4.92. The van der Waals surface area contributed by atoms with Gasteiger partial charge in [-0.2, -0.15) is 0 Å². The summed E-state index contributed by atoms with van der Waals surface area (Å²) in [7, 11) is 0. The van der Waals surface area contributed by atoms with Crippen molar-refractivity contribution in [1.29, 1.82) is 0 Å². The summed E-state index contributed by atoms with van der Waals surface area (Å²) in [6.45, 7) is 4.59. The zero-order valence-electron chi connectivity index (χ0n) is 39.8. The van der Waals surface area contributed by atoms with Gasteiger partial charge in [-0.1, -0.05) is 164 Å². The van der Waals surface area contributed by atoms with E-state index in [4.69, 9.17) is 0 Å². The van der Waals surface area contributed by atoms with Crippen molar-refractivity contribution in [3.8, 4) is 83.6 Å². The van der Waals surface area contributed by atoms with Crippen molar-refractivity contribution in [3.63, 3.8) is 0 Å². The second kappa shape index (κ2) is 17.5. The highest BCUT2D eigenvalue weighted by molar-refractivity contribution is 6.13. The van der Waals surface area contributed by atoms with Gasteiger partial charge in [0, 0.05) is 44.3 Å². The van der Waals surface area contributed by atoms with E-state index in [1.54, 1.807) is 0 Å². The molecular weight excluding hydrogens is 857 g/mol. The molecule has 0 bridgehead atoms. The lowest BCUT2D eigenvalue weighted by Crippen LogP contribution is -1.99. The molecule has 71 heavy (non-hydrogen) atoms. The first-order valence-corrected chi connectivity index (χ1v) is 24.8. The van der Waals surface area contributed by atoms with E-state index >= 15 is 0 Å². The third-order valence-corrected chi connectivity index (χ3v) is 14.4. The molecule has 2 nitrogen and oxygen atoms in total. The van der Waals surface area contributed by atoms with Crippen molar-refractivity contribution in [1.82, 2.24) is 9.13 Å². The number of hydrogen-bond acceptors (Lipinski definition) is 0. The maximum absolute atomic E-state index is 2.50. The van der Waals surface area contributed by atoms with Crippen LogP contribution in [-0.2, 0) is 0 Å². The molecule has 0 saturated carbocycles. The SMILES string of the molecule is CC(C)n1c2ccc(-c3cc(-c4ccccc4)cc(-c4ccccc4)c3)cc2c2cc(-c3ccc4c(c3)c3cc(-c5cc(-c6ccccc6)cc(-c6ccccc6)c5)ccc3n4-c3ccccc3)ccc21. The Hall–Kier alpha value is -8.98. The number of hydrogen-bond donors (Lipinski definition) is 0. The molecule has 2 heteroatoms. The van der Waals surface area contributed by atoms with Crippen LogP contribution in [0.3, 0.4) is 0 Å². The summed E-state index contributed by atoms with van der Waals surface area (Å²) in [5, 5.41) is 4.98. The molecule has 0 saturated heterocycles. The highest BCUT2D eigenvalue weighted by Gasteiger charge is 2.19. The second-order valence-electron chi connectivity index (χ2n) is 19.1. The summed E-state index contributed by atoms with van der Waals surface area (Å²) >= 11 is 0. The van der Waals surface area contributed by atoms with Gasteiger partial charge in [0.1, 0.15) is 0 Å². The van der Waals surface area contributed by atoms with Crippen LogP contribution in [-0.4, -0.2) is 9.13 Å². The van der Waals surface area contributed by atoms with E-state index < -0.39 is 0 Å². The fourth-order valence-corrected chi connectivity index (χ4v) is 11.0. The van der Waals surface area contributed by atoms with Gasteiger partial charge in [-0.25, -0.2) is 0 Å². The monoisotopic (exact) mass is 906 g/mol. The molecule has 11 aromatic carbocycles. The topological polar surface area (TPSA) is 9.86 Å². The molecule has 0 radical (unpaired) electrons. The maximum atomic E-state index is 2.50. The minimum Gasteiger partial charge on any atom is -0.338 e. The highest BCUT2D eigenvalue weighted by Crippen LogP contribution is 2.42. The van der Waals surface area contributed by atoms with Crippen molar-refractivity contribution < 1.29 is 0 Å². The molecule has 0 aliphatic carbocycles. The quantitative estimate of drug-likeness (QED) is 0.137. The summed E-state index contributed by atoms with van der Waals surface area (Å²) in [5.41, 5.74) is 22.9. The Morgan fingerprint density at radius 1 is 0.225 bits per heavy atom. The summed E-state index contributed by atoms with van der Waals surface area (Å²) in [4.78, 5) is 0. The van der Waals surface area contributed by atoms with Gasteiger partial charge < -0.3 is 9.13 Å². The number of nitrogens with zero attached hydrogens (tertiary/aromatic N) is 2. The lowest BCUT2D eigenvalue weighted by atomic mass is 9.92. The first kappa shape index (κ1) is 42.1. The van der Waals surface area contributed by atoms with Crippen molar-refractivity contribution in [2.45, 2.75) is 19.9 Å². The van der Waals surface area contributed by atoms with Crippen LogP contribution in [0.2, 0.25) is 0 Å². The number of para-hydroxylation sites is 1. The Bertz CT molecular complexity index is 3970. The van der Waals surface area contributed by atoms with Crippen LogP contribution in [0, 0.1) is 0 Å². The van der Waals surface area contributed by atoms with E-state index in [-0.39, 0.29) is 6.04 Å². The lowest BCUT2D eigenvalue weighted by Gasteiger charge is -2.13. The molecule has 13 rings (SSSR count). The van der Waals surface area contributed by atoms with Crippen LogP contribution < -0.4 is 0 Å². The molecule has 0 N–H and O–H groups in total.